The van der Waals surface area contributed by atoms with Gasteiger partial charge in [0, 0.05) is 10.6 Å². The Kier molecular flexibility index (Phi) is 4.67. The van der Waals surface area contributed by atoms with Crippen LogP contribution in [0.4, 0.5) is 0 Å². The second kappa shape index (κ2) is 6.15. The maximum Gasteiger partial charge on any atom is 0.115 e. The average Bonchev–Trinajstić information content (AvgIpc) is 2.38. The molecule has 0 bridgehead atoms. The fourth-order valence-corrected chi connectivity index (χ4v) is 3.45. The molecule has 0 aliphatic carbocycles. The maximum absolute atomic E-state index is 9.33. The van der Waals surface area contributed by atoms with Crippen LogP contribution in [-0.2, 0) is 11.2 Å². The van der Waals surface area contributed by atoms with Crippen molar-refractivity contribution in [3.05, 3.63) is 58.7 Å². The molecule has 2 rings (SSSR count). The first-order valence-electron chi connectivity index (χ1n) is 7.30. The molecule has 0 saturated carbocycles. The van der Waals surface area contributed by atoms with E-state index in [9.17, 15) is 5.11 Å². The van der Waals surface area contributed by atoms with Crippen molar-refractivity contribution in [2.45, 2.75) is 50.7 Å². The lowest BCUT2D eigenvalue weighted by Gasteiger charge is -2.22. The lowest BCUT2D eigenvalue weighted by atomic mass is 9.84. The van der Waals surface area contributed by atoms with Crippen molar-refractivity contribution in [2.24, 2.45) is 0 Å². The molecule has 0 radical (unpaired) electrons. The molecule has 0 aliphatic rings. The minimum atomic E-state index is 0.193. The first-order chi connectivity index (χ1) is 9.77. The number of aromatic hydroxyl groups is 1. The van der Waals surface area contributed by atoms with Crippen molar-refractivity contribution < 1.29 is 5.11 Å². The highest BCUT2D eigenvalue weighted by Crippen LogP contribution is 2.31. The van der Waals surface area contributed by atoms with E-state index in [1.165, 1.54) is 27.1 Å². The Bertz CT molecular complexity index is 598. The number of aryl methyl sites for hydroxylation is 2. The van der Waals surface area contributed by atoms with Gasteiger partial charge in [0.2, 0.25) is 0 Å². The number of hydrogen-bond donors (Lipinski definition) is 1. The highest BCUT2D eigenvalue weighted by molar-refractivity contribution is 7.98. The van der Waals surface area contributed by atoms with Crippen LogP contribution < -0.4 is 0 Å². The predicted molar refractivity (Wildman–Crippen MR) is 92.3 cm³/mol. The lowest BCUT2D eigenvalue weighted by molar-refractivity contribution is 0.475. The van der Waals surface area contributed by atoms with Crippen LogP contribution in [-0.4, -0.2) is 5.11 Å². The smallest absolute Gasteiger partial charge is 0.115 e. The predicted octanol–water partition coefficient (Wildman–Crippen LogP) is 5.60. The molecule has 0 saturated heterocycles. The van der Waals surface area contributed by atoms with Gasteiger partial charge in [-0.3, -0.25) is 0 Å². The van der Waals surface area contributed by atoms with Gasteiger partial charge in [-0.15, -0.1) is 11.8 Å². The molecule has 0 heterocycles. The Labute approximate surface area is 132 Å². The highest BCUT2D eigenvalue weighted by atomic mass is 32.2. The summed E-state index contributed by atoms with van der Waals surface area (Å²) in [5.41, 5.74) is 5.74. The van der Waals surface area contributed by atoms with Crippen LogP contribution in [0.25, 0.3) is 0 Å². The van der Waals surface area contributed by atoms with Gasteiger partial charge in [0.25, 0.3) is 0 Å². The number of thioether (sulfide) groups is 1. The van der Waals surface area contributed by atoms with Crippen molar-refractivity contribution in [1.29, 1.82) is 0 Å². The number of hydrogen-bond acceptors (Lipinski definition) is 2. The van der Waals surface area contributed by atoms with Crippen LogP contribution in [0.1, 0.15) is 43.0 Å². The molecule has 2 heteroatoms. The highest BCUT2D eigenvalue weighted by Gasteiger charge is 2.16. The molecule has 0 unspecified atom stereocenters. The zero-order chi connectivity index (χ0) is 15.6. The van der Waals surface area contributed by atoms with Gasteiger partial charge in [-0.05, 0) is 65.8 Å². The van der Waals surface area contributed by atoms with E-state index in [1.807, 2.05) is 23.9 Å². The Morgan fingerprint density at radius 1 is 0.952 bits per heavy atom. The normalized spacial score (nSPS) is 11.7. The minimum absolute atomic E-state index is 0.193. The number of rotatable bonds is 3. The molecular formula is C19H24OS. The third-order valence-corrected chi connectivity index (χ3v) is 4.82. The van der Waals surface area contributed by atoms with Gasteiger partial charge in [0.05, 0.1) is 0 Å². The van der Waals surface area contributed by atoms with E-state index < -0.39 is 0 Å². The van der Waals surface area contributed by atoms with Crippen molar-refractivity contribution in [1.82, 2.24) is 0 Å². The van der Waals surface area contributed by atoms with Gasteiger partial charge < -0.3 is 5.11 Å². The Morgan fingerprint density at radius 3 is 1.95 bits per heavy atom. The van der Waals surface area contributed by atoms with Crippen LogP contribution in [0.15, 0.2) is 41.3 Å². The topological polar surface area (TPSA) is 20.2 Å². The fraction of sp³-hybridized carbons (Fsp3) is 0.368. The third-order valence-electron chi connectivity index (χ3n) is 3.78. The standard InChI is InChI=1S/C19H24OS/c1-13-10-15(19(3,4)5)11-14(2)18(13)12-21-17-8-6-16(20)7-9-17/h6-11,20H,12H2,1-5H3. The number of phenols is 1. The fourth-order valence-electron chi connectivity index (χ4n) is 2.35. The minimum Gasteiger partial charge on any atom is -0.508 e. The molecule has 0 spiro atoms. The molecule has 0 fully saturated rings. The summed E-state index contributed by atoms with van der Waals surface area (Å²) >= 11 is 1.81. The van der Waals surface area contributed by atoms with Gasteiger partial charge >= 0.3 is 0 Å². The van der Waals surface area contributed by atoms with E-state index >= 15 is 0 Å². The summed E-state index contributed by atoms with van der Waals surface area (Å²) in [6, 6.07) is 12.1. The van der Waals surface area contributed by atoms with Crippen molar-refractivity contribution in [3.8, 4) is 5.75 Å². The summed E-state index contributed by atoms with van der Waals surface area (Å²) in [7, 11) is 0. The van der Waals surface area contributed by atoms with Crippen molar-refractivity contribution in [2.75, 3.05) is 0 Å². The van der Waals surface area contributed by atoms with Crippen molar-refractivity contribution >= 4 is 11.8 Å². The van der Waals surface area contributed by atoms with E-state index in [1.54, 1.807) is 12.1 Å². The van der Waals surface area contributed by atoms with E-state index in [-0.39, 0.29) is 5.41 Å². The van der Waals surface area contributed by atoms with Crippen LogP contribution >= 0.6 is 11.8 Å². The number of benzene rings is 2. The Morgan fingerprint density at radius 2 is 1.48 bits per heavy atom. The molecular weight excluding hydrogens is 276 g/mol. The molecule has 1 N–H and O–H groups in total. The molecule has 21 heavy (non-hydrogen) atoms. The summed E-state index contributed by atoms with van der Waals surface area (Å²) in [5, 5.41) is 9.33. The molecule has 0 amide bonds. The van der Waals surface area contributed by atoms with Gasteiger partial charge in [0.15, 0.2) is 0 Å². The van der Waals surface area contributed by atoms with Gasteiger partial charge in [-0.2, -0.15) is 0 Å². The Balaban J connectivity index is 2.19. The second-order valence-electron chi connectivity index (χ2n) is 6.62. The second-order valence-corrected chi connectivity index (χ2v) is 7.67. The summed E-state index contributed by atoms with van der Waals surface area (Å²) < 4.78 is 0. The van der Waals surface area contributed by atoms with Crippen LogP contribution in [0.3, 0.4) is 0 Å². The lowest BCUT2D eigenvalue weighted by Crippen LogP contribution is -2.12. The maximum atomic E-state index is 9.33. The first kappa shape index (κ1) is 16.0. The van der Waals surface area contributed by atoms with Gasteiger partial charge in [-0.25, -0.2) is 0 Å². The molecule has 2 aromatic rings. The first-order valence-corrected chi connectivity index (χ1v) is 8.28. The summed E-state index contributed by atoms with van der Waals surface area (Å²) in [6.45, 7) is 11.2. The van der Waals surface area contributed by atoms with Gasteiger partial charge in [0.1, 0.15) is 5.75 Å². The molecule has 2 aromatic carbocycles. The Hall–Kier alpha value is -1.41. The van der Waals surface area contributed by atoms with Crippen molar-refractivity contribution in [3.63, 3.8) is 0 Å². The largest absolute Gasteiger partial charge is 0.508 e. The van der Waals surface area contributed by atoms with Crippen LogP contribution in [0.2, 0.25) is 0 Å². The summed E-state index contributed by atoms with van der Waals surface area (Å²) in [4.78, 5) is 1.19. The average molecular weight is 300 g/mol. The van der Waals surface area contributed by atoms with E-state index in [2.05, 4.69) is 46.8 Å². The van der Waals surface area contributed by atoms with Crippen LogP contribution in [0, 0.1) is 13.8 Å². The number of phenolic OH excluding ortho intramolecular Hbond substituents is 1. The van der Waals surface area contributed by atoms with Gasteiger partial charge in [-0.1, -0.05) is 32.9 Å². The van der Waals surface area contributed by atoms with E-state index in [4.69, 9.17) is 0 Å². The third kappa shape index (κ3) is 4.04. The molecule has 0 atom stereocenters. The monoisotopic (exact) mass is 300 g/mol. The summed E-state index contributed by atoms with van der Waals surface area (Å²) in [5.74, 6) is 1.29. The summed E-state index contributed by atoms with van der Waals surface area (Å²) in [6.07, 6.45) is 0. The molecule has 112 valence electrons. The van der Waals surface area contributed by atoms with E-state index in [0.29, 0.717) is 5.75 Å². The SMILES string of the molecule is Cc1cc(C(C)(C)C)cc(C)c1CSc1ccc(O)cc1. The van der Waals surface area contributed by atoms with Crippen LogP contribution in [0.5, 0.6) is 5.75 Å². The zero-order valence-electron chi connectivity index (χ0n) is 13.5. The molecule has 1 nitrogen and oxygen atoms in total. The molecule has 0 aliphatic heterocycles. The quantitative estimate of drug-likeness (QED) is 0.745. The zero-order valence-corrected chi connectivity index (χ0v) is 14.3. The van der Waals surface area contributed by atoms with E-state index in [0.717, 1.165) is 5.75 Å². The molecule has 0 aromatic heterocycles.